The third kappa shape index (κ3) is 5.11. The first kappa shape index (κ1) is 19.1. The van der Waals surface area contributed by atoms with Crippen LogP contribution in [0.25, 0.3) is 0 Å². The summed E-state index contributed by atoms with van der Waals surface area (Å²) >= 11 is 0. The minimum atomic E-state index is -0.508. The van der Waals surface area contributed by atoms with Crippen LogP contribution in [0.1, 0.15) is 37.5 Å². The van der Waals surface area contributed by atoms with E-state index in [2.05, 4.69) is 17.4 Å². The first-order valence-electron chi connectivity index (χ1n) is 8.68. The van der Waals surface area contributed by atoms with E-state index in [1.54, 1.807) is 9.80 Å². The van der Waals surface area contributed by atoms with Crippen molar-refractivity contribution in [1.29, 1.82) is 0 Å². The minimum absolute atomic E-state index is 0.126. The second-order valence-corrected chi connectivity index (χ2v) is 7.66. The molecule has 0 spiro atoms. The van der Waals surface area contributed by atoms with Crippen LogP contribution in [0.3, 0.4) is 0 Å². The van der Waals surface area contributed by atoms with Crippen LogP contribution in [0, 0.1) is 20.8 Å². The van der Waals surface area contributed by atoms with Crippen molar-refractivity contribution in [3.8, 4) is 0 Å². The molecule has 0 radical (unpaired) electrons. The summed E-state index contributed by atoms with van der Waals surface area (Å²) in [5.74, 6) is 0. The maximum Gasteiger partial charge on any atom is 0.410 e. The van der Waals surface area contributed by atoms with Gasteiger partial charge in [0.05, 0.1) is 0 Å². The summed E-state index contributed by atoms with van der Waals surface area (Å²) in [4.78, 5) is 28.0. The van der Waals surface area contributed by atoms with Crippen LogP contribution >= 0.6 is 0 Å². The van der Waals surface area contributed by atoms with Crippen LogP contribution in [0.15, 0.2) is 12.1 Å². The number of hydrogen-bond acceptors (Lipinski definition) is 3. The number of benzene rings is 1. The molecular formula is C19H29N3O3. The lowest BCUT2D eigenvalue weighted by Gasteiger charge is -2.35. The molecule has 138 valence electrons. The molecule has 1 aromatic carbocycles. The Bertz CT molecular complexity index is 633. The van der Waals surface area contributed by atoms with Crippen LogP contribution in [0.5, 0.6) is 0 Å². The highest BCUT2D eigenvalue weighted by molar-refractivity contribution is 5.91. The summed E-state index contributed by atoms with van der Waals surface area (Å²) in [5.41, 5.74) is 3.65. The fraction of sp³-hybridized carbons (Fsp3) is 0.579. The summed E-state index contributed by atoms with van der Waals surface area (Å²) in [7, 11) is 0. The van der Waals surface area contributed by atoms with Gasteiger partial charge in [-0.15, -0.1) is 0 Å². The van der Waals surface area contributed by atoms with E-state index in [4.69, 9.17) is 4.74 Å². The maximum absolute atomic E-state index is 12.5. The zero-order chi connectivity index (χ0) is 18.8. The third-order valence-corrected chi connectivity index (χ3v) is 4.13. The highest BCUT2D eigenvalue weighted by atomic mass is 16.6. The zero-order valence-corrected chi connectivity index (χ0v) is 16.1. The molecule has 2 rings (SSSR count). The highest BCUT2D eigenvalue weighted by Crippen LogP contribution is 2.22. The lowest BCUT2D eigenvalue weighted by Crippen LogP contribution is -2.52. The molecule has 1 saturated heterocycles. The number of aryl methyl sites for hydroxylation is 3. The first-order valence-corrected chi connectivity index (χ1v) is 8.68. The van der Waals surface area contributed by atoms with Crippen LogP contribution < -0.4 is 5.32 Å². The van der Waals surface area contributed by atoms with E-state index in [9.17, 15) is 9.59 Å². The number of nitrogens with zero attached hydrogens (tertiary/aromatic N) is 2. The number of carbonyl (C=O) groups is 2. The predicted octanol–water partition coefficient (Wildman–Crippen LogP) is 3.70. The van der Waals surface area contributed by atoms with Crippen LogP contribution in [0.2, 0.25) is 0 Å². The standard InChI is InChI=1S/C19H29N3O3/c1-13-11-14(2)16(15(3)12-13)20-17(23)21-7-9-22(10-8-21)18(24)25-19(4,5)6/h11-12H,7-10H2,1-6H3,(H,20,23). The van der Waals surface area contributed by atoms with Crippen LogP contribution in [0.4, 0.5) is 15.3 Å². The number of piperazine rings is 1. The Kier molecular flexibility index (Phi) is 5.60. The summed E-state index contributed by atoms with van der Waals surface area (Å²) in [6, 6.07) is 3.99. The first-order chi connectivity index (χ1) is 11.6. The van der Waals surface area contributed by atoms with E-state index in [1.807, 2.05) is 41.5 Å². The van der Waals surface area contributed by atoms with Gasteiger partial charge in [-0.2, -0.15) is 0 Å². The van der Waals surface area contributed by atoms with Crippen molar-refractivity contribution >= 4 is 17.8 Å². The molecule has 1 heterocycles. The average molecular weight is 347 g/mol. The number of amides is 3. The van der Waals surface area contributed by atoms with Gasteiger partial charge in [-0.25, -0.2) is 9.59 Å². The molecule has 3 amide bonds. The molecule has 6 heteroatoms. The fourth-order valence-electron chi connectivity index (χ4n) is 2.98. The summed E-state index contributed by atoms with van der Waals surface area (Å²) < 4.78 is 5.38. The number of nitrogens with one attached hydrogen (secondary N) is 1. The molecule has 0 aromatic heterocycles. The van der Waals surface area contributed by atoms with Crippen molar-refractivity contribution < 1.29 is 14.3 Å². The highest BCUT2D eigenvalue weighted by Gasteiger charge is 2.27. The number of rotatable bonds is 1. The Morgan fingerprint density at radius 1 is 0.960 bits per heavy atom. The molecule has 1 fully saturated rings. The number of urea groups is 1. The van der Waals surface area contributed by atoms with Gasteiger partial charge in [0.2, 0.25) is 0 Å². The third-order valence-electron chi connectivity index (χ3n) is 4.13. The van der Waals surface area contributed by atoms with E-state index in [1.165, 1.54) is 5.56 Å². The van der Waals surface area contributed by atoms with Crippen molar-refractivity contribution in [2.45, 2.75) is 47.1 Å². The van der Waals surface area contributed by atoms with Crippen molar-refractivity contribution in [3.63, 3.8) is 0 Å². The molecule has 1 aliphatic rings. The van der Waals surface area contributed by atoms with Gasteiger partial charge in [-0.3, -0.25) is 0 Å². The lowest BCUT2D eigenvalue weighted by atomic mass is 10.1. The predicted molar refractivity (Wildman–Crippen MR) is 99.1 cm³/mol. The normalized spacial score (nSPS) is 15.1. The minimum Gasteiger partial charge on any atom is -0.444 e. The van der Waals surface area contributed by atoms with E-state index in [-0.39, 0.29) is 12.1 Å². The zero-order valence-electron chi connectivity index (χ0n) is 16.1. The van der Waals surface area contributed by atoms with Gasteiger partial charge in [0.1, 0.15) is 5.60 Å². The maximum atomic E-state index is 12.5. The Balaban J connectivity index is 1.93. The second kappa shape index (κ2) is 7.33. The summed E-state index contributed by atoms with van der Waals surface area (Å²) in [5, 5.41) is 3.01. The average Bonchev–Trinajstić information content (AvgIpc) is 2.49. The van der Waals surface area contributed by atoms with Gasteiger partial charge in [0.25, 0.3) is 0 Å². The Morgan fingerprint density at radius 3 is 1.92 bits per heavy atom. The number of anilines is 1. The molecule has 1 aromatic rings. The van der Waals surface area contributed by atoms with Crippen molar-refractivity contribution in [1.82, 2.24) is 9.80 Å². The fourth-order valence-corrected chi connectivity index (χ4v) is 2.98. The SMILES string of the molecule is Cc1cc(C)c(NC(=O)N2CCN(C(=O)OC(C)(C)C)CC2)c(C)c1. The Morgan fingerprint density at radius 2 is 1.44 bits per heavy atom. The monoisotopic (exact) mass is 347 g/mol. The van der Waals surface area contributed by atoms with Gasteiger partial charge >= 0.3 is 12.1 Å². The summed E-state index contributed by atoms with van der Waals surface area (Å²) in [6.45, 7) is 13.5. The Labute approximate surface area is 150 Å². The van der Waals surface area contributed by atoms with Crippen LogP contribution in [-0.4, -0.2) is 53.7 Å². The quantitative estimate of drug-likeness (QED) is 0.842. The number of ether oxygens (including phenoxy) is 1. The van der Waals surface area contributed by atoms with E-state index in [0.717, 1.165) is 16.8 Å². The molecule has 0 saturated carbocycles. The van der Waals surface area contributed by atoms with Gasteiger partial charge in [-0.1, -0.05) is 17.7 Å². The van der Waals surface area contributed by atoms with Gasteiger partial charge < -0.3 is 19.9 Å². The van der Waals surface area contributed by atoms with E-state index < -0.39 is 5.60 Å². The van der Waals surface area contributed by atoms with Gasteiger partial charge in [0, 0.05) is 31.9 Å². The van der Waals surface area contributed by atoms with Crippen molar-refractivity contribution in [2.75, 3.05) is 31.5 Å². The molecule has 1 aliphatic heterocycles. The molecule has 0 bridgehead atoms. The van der Waals surface area contributed by atoms with E-state index >= 15 is 0 Å². The van der Waals surface area contributed by atoms with Gasteiger partial charge in [-0.05, 0) is 52.7 Å². The molecule has 6 nitrogen and oxygen atoms in total. The van der Waals surface area contributed by atoms with Crippen molar-refractivity contribution in [2.24, 2.45) is 0 Å². The topological polar surface area (TPSA) is 61.9 Å². The molecule has 0 atom stereocenters. The number of carbonyl (C=O) groups excluding carboxylic acids is 2. The summed E-state index contributed by atoms with van der Waals surface area (Å²) in [6.07, 6.45) is -0.321. The molecule has 1 N–H and O–H groups in total. The van der Waals surface area contributed by atoms with Crippen molar-refractivity contribution in [3.05, 3.63) is 28.8 Å². The molecule has 0 aliphatic carbocycles. The smallest absolute Gasteiger partial charge is 0.410 e. The lowest BCUT2D eigenvalue weighted by molar-refractivity contribution is 0.0174. The van der Waals surface area contributed by atoms with E-state index in [0.29, 0.717) is 26.2 Å². The van der Waals surface area contributed by atoms with Gasteiger partial charge in [0.15, 0.2) is 0 Å². The van der Waals surface area contributed by atoms with Crippen LogP contribution in [-0.2, 0) is 4.74 Å². The number of hydrogen-bond donors (Lipinski definition) is 1. The molecule has 0 unspecified atom stereocenters. The second-order valence-electron chi connectivity index (χ2n) is 7.66. The largest absolute Gasteiger partial charge is 0.444 e. The Hall–Kier alpha value is -2.24. The molecular weight excluding hydrogens is 318 g/mol. The molecule has 25 heavy (non-hydrogen) atoms.